The number of aromatic nitrogens is 1. The number of sulfonamides is 1. The lowest BCUT2D eigenvalue weighted by atomic mass is 10.2. The molecule has 0 radical (unpaired) electrons. The molecule has 0 spiro atoms. The Kier molecular flexibility index (Phi) is 6.85. The molecule has 10 heteroatoms. The van der Waals surface area contributed by atoms with Gasteiger partial charge in [-0.1, -0.05) is 0 Å². The molecule has 1 aromatic carbocycles. The minimum absolute atomic E-state index is 0.0697. The van der Waals surface area contributed by atoms with E-state index < -0.39 is 10.0 Å². The summed E-state index contributed by atoms with van der Waals surface area (Å²) in [7, 11) is -3.62. The fourth-order valence-corrected chi connectivity index (χ4v) is 6.67. The molecule has 3 heterocycles. The molecule has 0 N–H and O–H groups in total. The highest BCUT2D eigenvalue weighted by atomic mass is 32.2. The first kappa shape index (κ1) is 23.2. The van der Waals surface area contributed by atoms with Gasteiger partial charge in [0.25, 0.3) is 5.91 Å². The zero-order valence-electron chi connectivity index (χ0n) is 18.7. The maximum atomic E-state index is 13.1. The molecule has 2 atom stereocenters. The summed E-state index contributed by atoms with van der Waals surface area (Å²) in [6.07, 6.45) is 0.570. The van der Waals surface area contributed by atoms with E-state index in [0.717, 1.165) is 30.3 Å². The zero-order valence-corrected chi connectivity index (χ0v) is 20.4. The molecular weight excluding hydrogens is 448 g/mol. The van der Waals surface area contributed by atoms with Gasteiger partial charge in [0.1, 0.15) is 0 Å². The smallest absolute Gasteiger partial charge is 0.253 e. The van der Waals surface area contributed by atoms with Gasteiger partial charge in [-0.3, -0.25) is 4.79 Å². The van der Waals surface area contributed by atoms with Crippen LogP contribution in [-0.2, 0) is 14.8 Å². The minimum Gasteiger partial charge on any atom is -0.373 e. The van der Waals surface area contributed by atoms with Crippen molar-refractivity contribution in [3.05, 3.63) is 40.9 Å². The van der Waals surface area contributed by atoms with Gasteiger partial charge in [0.2, 0.25) is 10.0 Å². The molecule has 2 aliphatic rings. The molecule has 2 aromatic rings. The number of hydrogen-bond donors (Lipinski definition) is 0. The number of amides is 1. The summed E-state index contributed by atoms with van der Waals surface area (Å²) in [6.45, 7) is 9.27. The molecule has 0 saturated carbocycles. The van der Waals surface area contributed by atoms with Crippen molar-refractivity contribution in [2.24, 2.45) is 0 Å². The fraction of sp³-hybridized carbons (Fsp3) is 0.545. The number of anilines is 1. The van der Waals surface area contributed by atoms with Crippen molar-refractivity contribution < 1.29 is 17.9 Å². The Balaban J connectivity index is 1.43. The summed E-state index contributed by atoms with van der Waals surface area (Å²) in [5.74, 6) is -0.0697. The lowest BCUT2D eigenvalue weighted by molar-refractivity contribution is -0.0440. The largest absolute Gasteiger partial charge is 0.373 e. The third-order valence-electron chi connectivity index (χ3n) is 5.79. The van der Waals surface area contributed by atoms with Crippen LogP contribution in [0.5, 0.6) is 0 Å². The lowest BCUT2D eigenvalue weighted by Gasteiger charge is -2.34. The summed E-state index contributed by atoms with van der Waals surface area (Å²) in [6, 6.07) is 6.32. The van der Waals surface area contributed by atoms with Crippen LogP contribution < -0.4 is 4.90 Å². The highest BCUT2D eigenvalue weighted by Gasteiger charge is 2.32. The van der Waals surface area contributed by atoms with Crippen molar-refractivity contribution in [3.8, 4) is 0 Å². The van der Waals surface area contributed by atoms with Gasteiger partial charge in [-0.15, -0.1) is 11.3 Å². The monoisotopic (exact) mass is 478 g/mol. The van der Waals surface area contributed by atoms with Crippen LogP contribution in [0.1, 0.15) is 36.3 Å². The summed E-state index contributed by atoms with van der Waals surface area (Å²) >= 11 is 1.63. The first-order valence-corrected chi connectivity index (χ1v) is 13.3. The van der Waals surface area contributed by atoms with Crippen molar-refractivity contribution >= 4 is 32.4 Å². The normalized spacial score (nSPS) is 23.2. The van der Waals surface area contributed by atoms with Gasteiger partial charge in [-0.05, 0) is 51.5 Å². The first-order chi connectivity index (χ1) is 15.2. The van der Waals surface area contributed by atoms with E-state index in [-0.39, 0.29) is 23.0 Å². The van der Waals surface area contributed by atoms with Crippen LogP contribution in [0.2, 0.25) is 0 Å². The number of carbonyl (C=O) groups excluding carboxylic acids is 1. The van der Waals surface area contributed by atoms with E-state index in [0.29, 0.717) is 31.7 Å². The molecule has 1 aromatic heterocycles. The van der Waals surface area contributed by atoms with Crippen LogP contribution in [0.3, 0.4) is 0 Å². The van der Waals surface area contributed by atoms with Crippen LogP contribution in [-0.4, -0.2) is 80.0 Å². The summed E-state index contributed by atoms with van der Waals surface area (Å²) in [5.41, 5.74) is 1.52. The Morgan fingerprint density at radius 3 is 2.38 bits per heavy atom. The molecule has 4 rings (SSSR count). The molecule has 174 valence electrons. The van der Waals surface area contributed by atoms with Crippen LogP contribution in [0.15, 0.2) is 34.5 Å². The maximum Gasteiger partial charge on any atom is 0.253 e. The van der Waals surface area contributed by atoms with Crippen LogP contribution in [0.4, 0.5) is 5.13 Å². The number of nitrogens with zero attached hydrogens (tertiary/aromatic N) is 4. The SMILES string of the molecule is Cc1csc(N2CCCN(C(=O)c3ccc(S(=O)(=O)N4CC(C)OC(C)C4)cc3)CC2)n1. The lowest BCUT2D eigenvalue weighted by Crippen LogP contribution is -2.48. The Hall–Kier alpha value is -2.01. The van der Waals surface area contributed by atoms with E-state index in [2.05, 4.69) is 9.88 Å². The van der Waals surface area contributed by atoms with Gasteiger partial charge in [0.15, 0.2) is 5.13 Å². The first-order valence-electron chi connectivity index (χ1n) is 11.0. The zero-order chi connectivity index (χ0) is 22.9. The quantitative estimate of drug-likeness (QED) is 0.672. The van der Waals surface area contributed by atoms with Crippen molar-refractivity contribution in [1.82, 2.24) is 14.2 Å². The van der Waals surface area contributed by atoms with Crippen LogP contribution >= 0.6 is 11.3 Å². The second-order valence-corrected chi connectivity index (χ2v) is 11.3. The Bertz CT molecular complexity index is 1040. The van der Waals surface area contributed by atoms with Gasteiger partial charge in [-0.2, -0.15) is 4.31 Å². The molecule has 2 unspecified atom stereocenters. The van der Waals surface area contributed by atoms with E-state index in [1.807, 2.05) is 31.1 Å². The maximum absolute atomic E-state index is 13.1. The molecule has 0 aliphatic carbocycles. The number of carbonyl (C=O) groups is 1. The molecule has 0 bridgehead atoms. The van der Waals surface area contributed by atoms with Crippen molar-refractivity contribution in [3.63, 3.8) is 0 Å². The van der Waals surface area contributed by atoms with E-state index in [1.165, 1.54) is 16.4 Å². The molecule has 32 heavy (non-hydrogen) atoms. The molecule has 2 aliphatic heterocycles. The average molecular weight is 479 g/mol. The molecule has 2 saturated heterocycles. The van der Waals surface area contributed by atoms with Gasteiger partial charge >= 0.3 is 0 Å². The number of thiazole rings is 1. The second-order valence-electron chi connectivity index (χ2n) is 8.51. The predicted octanol–water partition coefficient (Wildman–Crippen LogP) is 2.60. The van der Waals surface area contributed by atoms with Crippen molar-refractivity contribution in [2.45, 2.75) is 44.3 Å². The number of benzene rings is 1. The average Bonchev–Trinajstić information content (AvgIpc) is 3.04. The Labute approximate surface area is 193 Å². The molecule has 2 fully saturated rings. The minimum atomic E-state index is -3.62. The highest BCUT2D eigenvalue weighted by molar-refractivity contribution is 7.89. The van der Waals surface area contributed by atoms with Gasteiger partial charge in [0, 0.05) is 50.2 Å². The second kappa shape index (κ2) is 9.46. The van der Waals surface area contributed by atoms with Gasteiger partial charge in [-0.25, -0.2) is 13.4 Å². The Morgan fingerprint density at radius 1 is 1.06 bits per heavy atom. The predicted molar refractivity (Wildman–Crippen MR) is 125 cm³/mol. The van der Waals surface area contributed by atoms with E-state index in [4.69, 9.17) is 4.74 Å². The number of aryl methyl sites for hydroxylation is 1. The number of hydrogen-bond acceptors (Lipinski definition) is 7. The number of morpholine rings is 1. The van der Waals surface area contributed by atoms with Crippen molar-refractivity contribution in [1.29, 1.82) is 0 Å². The van der Waals surface area contributed by atoms with Crippen molar-refractivity contribution in [2.75, 3.05) is 44.2 Å². The number of rotatable bonds is 4. The third-order valence-corrected chi connectivity index (χ3v) is 8.65. The van der Waals surface area contributed by atoms with Crippen LogP contribution in [0.25, 0.3) is 0 Å². The molecular formula is C22H30N4O4S2. The van der Waals surface area contributed by atoms with E-state index in [1.54, 1.807) is 23.5 Å². The molecule has 1 amide bonds. The fourth-order valence-electron chi connectivity index (χ4n) is 4.23. The Morgan fingerprint density at radius 2 is 1.75 bits per heavy atom. The summed E-state index contributed by atoms with van der Waals surface area (Å²) < 4.78 is 33.2. The standard InChI is InChI=1S/C22H30N4O4S2/c1-16-15-31-22(23-16)25-10-4-9-24(11-12-25)21(27)19-5-7-20(8-6-19)32(28,29)26-13-17(2)30-18(3)14-26/h5-8,15,17-18H,4,9-14H2,1-3H3. The topological polar surface area (TPSA) is 83.1 Å². The van der Waals surface area contributed by atoms with E-state index in [9.17, 15) is 13.2 Å². The van der Waals surface area contributed by atoms with Gasteiger partial charge < -0.3 is 14.5 Å². The third kappa shape index (κ3) is 4.98. The summed E-state index contributed by atoms with van der Waals surface area (Å²) in [5, 5.41) is 3.04. The molecule has 8 nitrogen and oxygen atoms in total. The number of ether oxygens (including phenoxy) is 1. The van der Waals surface area contributed by atoms with E-state index >= 15 is 0 Å². The summed E-state index contributed by atoms with van der Waals surface area (Å²) in [4.78, 5) is 21.9. The van der Waals surface area contributed by atoms with Gasteiger partial charge in [0.05, 0.1) is 22.8 Å². The highest BCUT2D eigenvalue weighted by Crippen LogP contribution is 2.24. The van der Waals surface area contributed by atoms with Crippen LogP contribution in [0, 0.1) is 6.92 Å².